The molecule has 3 heterocycles. The molecule has 0 radical (unpaired) electrons. The van der Waals surface area contributed by atoms with E-state index in [1.165, 1.54) is 10.0 Å². The van der Waals surface area contributed by atoms with E-state index in [4.69, 9.17) is 51.5 Å². The summed E-state index contributed by atoms with van der Waals surface area (Å²) in [5.41, 5.74) is 3.85. The maximum absolute atomic E-state index is 14.1. The number of benzene rings is 3. The summed E-state index contributed by atoms with van der Waals surface area (Å²) in [5.74, 6) is -1.66. The molecular formula is C32H24Cl4N6O3. The SMILES string of the molecule is O=C1[C@@H]2[C@@H](N=NN2CC(=O)N2N=C3/C(=C/c4ccc(Cl)cc4)CCC[C@@H]3[C@H]2c2ccc(Cl)cc2)C(=O)N1c1c(Cl)cccc1Cl. The Hall–Kier alpha value is -3.76. The molecule has 0 spiro atoms. The van der Waals surface area contributed by atoms with Crippen LogP contribution in [0.1, 0.15) is 36.4 Å². The highest BCUT2D eigenvalue weighted by atomic mass is 35.5. The number of hydrogen-bond donors (Lipinski definition) is 0. The zero-order valence-corrected chi connectivity index (χ0v) is 26.5. The summed E-state index contributed by atoms with van der Waals surface area (Å²) < 4.78 is 0. The molecule has 3 aliphatic heterocycles. The van der Waals surface area contributed by atoms with Crippen molar-refractivity contribution >= 4 is 81.6 Å². The van der Waals surface area contributed by atoms with Crippen molar-refractivity contribution in [3.05, 3.63) is 104 Å². The van der Waals surface area contributed by atoms with Crippen molar-refractivity contribution < 1.29 is 14.4 Å². The molecule has 45 heavy (non-hydrogen) atoms. The number of halogens is 4. The molecule has 4 atom stereocenters. The van der Waals surface area contributed by atoms with Gasteiger partial charge < -0.3 is 0 Å². The van der Waals surface area contributed by atoms with Crippen LogP contribution in [0.5, 0.6) is 0 Å². The number of amides is 3. The first-order valence-electron chi connectivity index (χ1n) is 14.3. The van der Waals surface area contributed by atoms with Crippen LogP contribution in [0.2, 0.25) is 20.1 Å². The number of hydrogen-bond acceptors (Lipinski definition) is 7. The molecule has 0 aromatic heterocycles. The highest BCUT2D eigenvalue weighted by molar-refractivity contribution is 6.42. The smallest absolute Gasteiger partial charge is 0.264 e. The average Bonchev–Trinajstić information content (AvgIpc) is 3.69. The zero-order chi connectivity index (χ0) is 31.4. The third kappa shape index (κ3) is 5.31. The van der Waals surface area contributed by atoms with Crippen LogP contribution in [-0.2, 0) is 14.4 Å². The summed E-state index contributed by atoms with van der Waals surface area (Å²) in [7, 11) is 0. The predicted octanol–water partition coefficient (Wildman–Crippen LogP) is 7.42. The van der Waals surface area contributed by atoms with Crippen molar-refractivity contribution in [3.63, 3.8) is 0 Å². The number of carbonyl (C=O) groups is 3. The van der Waals surface area contributed by atoms with Gasteiger partial charge in [-0.05, 0) is 78.4 Å². The highest BCUT2D eigenvalue weighted by Gasteiger charge is 2.56. The number of carbonyl (C=O) groups excluding carboxylic acids is 3. The van der Waals surface area contributed by atoms with Crippen molar-refractivity contribution in [2.45, 2.75) is 37.4 Å². The van der Waals surface area contributed by atoms with E-state index in [-0.39, 0.29) is 28.2 Å². The minimum Gasteiger partial charge on any atom is -0.271 e. The second kappa shape index (κ2) is 11.9. The number of nitrogens with zero attached hydrogens (tertiary/aromatic N) is 6. The summed E-state index contributed by atoms with van der Waals surface area (Å²) in [4.78, 5) is 41.9. The van der Waals surface area contributed by atoms with E-state index in [9.17, 15) is 14.4 Å². The number of hydrazone groups is 1. The minimum atomic E-state index is -1.12. The number of imide groups is 1. The van der Waals surface area contributed by atoms with E-state index in [2.05, 4.69) is 16.4 Å². The fourth-order valence-corrected chi connectivity index (χ4v) is 7.27. The van der Waals surface area contributed by atoms with E-state index in [0.29, 0.717) is 10.0 Å². The molecule has 0 bridgehead atoms. The lowest BCUT2D eigenvalue weighted by atomic mass is 9.77. The first-order chi connectivity index (χ1) is 21.7. The Balaban J connectivity index is 1.19. The normalized spacial score (nSPS) is 24.8. The fraction of sp³-hybridized carbons (Fsp3) is 0.250. The summed E-state index contributed by atoms with van der Waals surface area (Å²) in [6.45, 7) is -0.322. The van der Waals surface area contributed by atoms with Crippen LogP contribution in [0.4, 0.5) is 5.69 Å². The zero-order valence-electron chi connectivity index (χ0n) is 23.5. The standard InChI is InChI=1S/C32H24Cl4N6O3/c33-20-11-7-17(8-12-20)15-19-3-1-4-22-26(19)38-42(28(22)18-9-13-21(34)14-10-18)25(43)16-40-30-27(37-39-40)31(44)41(32(30)45)29-23(35)5-2-6-24(29)36/h2,5-15,22,27-28,30H,1,3-4,16H2/b19-15+/t22-,27+,28+,30-/m0/s1. The highest BCUT2D eigenvalue weighted by Crippen LogP contribution is 2.45. The quantitative estimate of drug-likeness (QED) is 0.262. The minimum absolute atomic E-state index is 0.0528. The van der Waals surface area contributed by atoms with E-state index < -0.39 is 35.8 Å². The second-order valence-corrected chi connectivity index (χ2v) is 12.9. The van der Waals surface area contributed by atoms with Crippen molar-refractivity contribution in [1.82, 2.24) is 10.0 Å². The molecule has 0 N–H and O–H groups in total. The van der Waals surface area contributed by atoms with Crippen LogP contribution in [0.15, 0.2) is 87.7 Å². The molecule has 9 nitrogen and oxygen atoms in total. The molecule has 1 saturated heterocycles. The molecule has 3 aromatic rings. The molecule has 13 heteroatoms. The second-order valence-electron chi connectivity index (χ2n) is 11.2. The van der Waals surface area contributed by atoms with Crippen LogP contribution in [0.25, 0.3) is 6.08 Å². The van der Waals surface area contributed by atoms with Crippen LogP contribution >= 0.6 is 46.4 Å². The summed E-state index contributed by atoms with van der Waals surface area (Å²) in [6.07, 6.45) is 4.66. The van der Waals surface area contributed by atoms with Gasteiger partial charge in [0.1, 0.15) is 6.54 Å². The van der Waals surface area contributed by atoms with Crippen molar-refractivity contribution in [1.29, 1.82) is 0 Å². The first kappa shape index (κ1) is 29.9. The average molecular weight is 682 g/mol. The molecule has 1 aliphatic carbocycles. The number of anilines is 1. The molecule has 0 unspecified atom stereocenters. The topological polar surface area (TPSA) is 98.0 Å². The lowest BCUT2D eigenvalue weighted by molar-refractivity contribution is -0.136. The Kier molecular flexibility index (Phi) is 7.90. The predicted molar refractivity (Wildman–Crippen MR) is 173 cm³/mol. The lowest BCUT2D eigenvalue weighted by Gasteiger charge is -2.30. The number of fused-ring (bicyclic) bond motifs is 2. The van der Waals surface area contributed by atoms with Gasteiger partial charge in [-0.3, -0.25) is 19.4 Å². The Morgan fingerprint density at radius 1 is 0.867 bits per heavy atom. The molecule has 3 aromatic carbocycles. The van der Waals surface area contributed by atoms with Crippen molar-refractivity contribution in [2.24, 2.45) is 21.4 Å². The molecular weight excluding hydrogens is 658 g/mol. The number of para-hydroxylation sites is 1. The molecule has 4 aliphatic rings. The van der Waals surface area contributed by atoms with Gasteiger partial charge in [0.25, 0.3) is 17.7 Å². The third-order valence-electron chi connectivity index (χ3n) is 8.50. The Bertz CT molecular complexity index is 1790. The first-order valence-corrected chi connectivity index (χ1v) is 15.8. The van der Waals surface area contributed by atoms with Crippen LogP contribution in [0.3, 0.4) is 0 Å². The van der Waals surface area contributed by atoms with Gasteiger partial charge in [-0.25, -0.2) is 9.91 Å². The summed E-state index contributed by atoms with van der Waals surface area (Å²) in [6, 6.07) is 17.0. The fourth-order valence-electron chi connectivity index (χ4n) is 6.45. The van der Waals surface area contributed by atoms with Gasteiger partial charge in [0.2, 0.25) is 0 Å². The number of allylic oxidation sites excluding steroid dienone is 1. The molecule has 2 fully saturated rings. The van der Waals surface area contributed by atoms with Gasteiger partial charge in [0, 0.05) is 16.0 Å². The van der Waals surface area contributed by atoms with Gasteiger partial charge in [0.15, 0.2) is 12.1 Å². The van der Waals surface area contributed by atoms with Crippen molar-refractivity contribution in [2.75, 3.05) is 11.4 Å². The van der Waals surface area contributed by atoms with E-state index in [1.54, 1.807) is 30.3 Å². The summed E-state index contributed by atoms with van der Waals surface area (Å²) >= 11 is 25.0. The Morgan fingerprint density at radius 2 is 1.53 bits per heavy atom. The monoisotopic (exact) mass is 680 g/mol. The van der Waals surface area contributed by atoms with Gasteiger partial charge in [-0.1, -0.05) is 82.0 Å². The Morgan fingerprint density at radius 3 is 2.22 bits per heavy atom. The van der Waals surface area contributed by atoms with Crippen LogP contribution in [-0.4, -0.2) is 52.1 Å². The lowest BCUT2D eigenvalue weighted by Crippen LogP contribution is -2.45. The van der Waals surface area contributed by atoms with Crippen molar-refractivity contribution in [3.8, 4) is 0 Å². The molecule has 3 amide bonds. The van der Waals surface area contributed by atoms with E-state index >= 15 is 0 Å². The van der Waals surface area contributed by atoms with Gasteiger partial charge in [0.05, 0.1) is 27.5 Å². The van der Waals surface area contributed by atoms with Crippen LogP contribution in [0, 0.1) is 5.92 Å². The van der Waals surface area contributed by atoms with E-state index in [1.807, 2.05) is 36.4 Å². The van der Waals surface area contributed by atoms with Gasteiger partial charge >= 0.3 is 0 Å². The van der Waals surface area contributed by atoms with Gasteiger partial charge in [-0.15, -0.1) is 0 Å². The Labute approximate surface area is 278 Å². The largest absolute Gasteiger partial charge is 0.271 e. The summed E-state index contributed by atoms with van der Waals surface area (Å²) in [5, 5.41) is 17.3. The molecule has 228 valence electrons. The molecule has 7 rings (SSSR count). The third-order valence-corrected chi connectivity index (χ3v) is 9.61. The van der Waals surface area contributed by atoms with E-state index in [0.717, 1.165) is 46.6 Å². The van der Waals surface area contributed by atoms with Crippen LogP contribution < -0.4 is 4.90 Å². The maximum atomic E-state index is 14.1. The maximum Gasteiger partial charge on any atom is 0.264 e. The number of rotatable bonds is 5. The van der Waals surface area contributed by atoms with Gasteiger partial charge in [-0.2, -0.15) is 10.2 Å². The molecule has 1 saturated carbocycles.